The van der Waals surface area contributed by atoms with Crippen molar-refractivity contribution >= 4 is 17.2 Å². The smallest absolute Gasteiger partial charge is 0.373 e. The molecule has 0 spiro atoms. The maximum absolute atomic E-state index is 11.7. The van der Waals surface area contributed by atoms with Gasteiger partial charge in [-0.3, -0.25) is 10.1 Å². The fourth-order valence-electron chi connectivity index (χ4n) is 2.46. The van der Waals surface area contributed by atoms with Gasteiger partial charge in [-0.2, -0.15) is 4.98 Å². The number of hydrogen-bond donors (Lipinski definition) is 1. The van der Waals surface area contributed by atoms with Gasteiger partial charge in [0.25, 0.3) is 0 Å². The number of nitrogens with zero attached hydrogens (tertiary/aromatic N) is 3. The van der Waals surface area contributed by atoms with Crippen molar-refractivity contribution in [1.29, 1.82) is 0 Å². The normalized spacial score (nSPS) is 10.3. The Morgan fingerprint density at radius 3 is 2.56 bits per heavy atom. The van der Waals surface area contributed by atoms with Gasteiger partial charge in [-0.25, -0.2) is 4.98 Å². The zero-order chi connectivity index (χ0) is 19.4. The second-order valence-electron chi connectivity index (χ2n) is 5.81. The van der Waals surface area contributed by atoms with Gasteiger partial charge in [-0.1, -0.05) is 18.2 Å². The predicted molar refractivity (Wildman–Crippen MR) is 101 cm³/mol. The summed E-state index contributed by atoms with van der Waals surface area (Å²) in [5.74, 6) is 0.860. The predicted octanol–water partition coefficient (Wildman–Crippen LogP) is 4.55. The van der Waals surface area contributed by atoms with Crippen LogP contribution in [0.2, 0.25) is 0 Å². The first-order valence-corrected chi connectivity index (χ1v) is 8.14. The summed E-state index contributed by atoms with van der Waals surface area (Å²) in [6.07, 6.45) is 1.21. The van der Waals surface area contributed by atoms with E-state index in [1.165, 1.54) is 13.4 Å². The molecular weight excluding hydrogens is 348 g/mol. The quantitative estimate of drug-likeness (QED) is 0.505. The number of para-hydroxylation sites is 2. The molecule has 27 heavy (non-hydrogen) atoms. The van der Waals surface area contributed by atoms with Crippen molar-refractivity contribution in [2.75, 3.05) is 12.4 Å². The van der Waals surface area contributed by atoms with Crippen LogP contribution in [0.3, 0.4) is 0 Å². The van der Waals surface area contributed by atoms with Crippen LogP contribution in [0.15, 0.2) is 48.8 Å². The van der Waals surface area contributed by atoms with Crippen LogP contribution in [0, 0.1) is 24.0 Å². The number of nitro groups is 1. The number of anilines is 2. The van der Waals surface area contributed by atoms with Crippen LogP contribution in [0.4, 0.5) is 17.2 Å². The lowest BCUT2D eigenvalue weighted by atomic mass is 10.1. The van der Waals surface area contributed by atoms with E-state index in [0.29, 0.717) is 17.2 Å². The molecule has 2 aromatic carbocycles. The third-order valence-corrected chi connectivity index (χ3v) is 4.02. The molecule has 138 valence electrons. The van der Waals surface area contributed by atoms with Crippen LogP contribution in [0.25, 0.3) is 0 Å². The lowest BCUT2D eigenvalue weighted by Crippen LogP contribution is -2.04. The van der Waals surface area contributed by atoms with E-state index < -0.39 is 4.92 Å². The van der Waals surface area contributed by atoms with E-state index in [1.54, 1.807) is 36.4 Å². The Bertz CT molecular complexity index is 991. The summed E-state index contributed by atoms with van der Waals surface area (Å²) >= 11 is 0. The van der Waals surface area contributed by atoms with Gasteiger partial charge in [0.15, 0.2) is 0 Å². The molecule has 0 unspecified atom stereocenters. The van der Waals surface area contributed by atoms with E-state index in [2.05, 4.69) is 15.3 Å². The summed E-state index contributed by atoms with van der Waals surface area (Å²) in [6, 6.07) is 12.5. The summed E-state index contributed by atoms with van der Waals surface area (Å²) in [5, 5.41) is 14.6. The summed E-state index contributed by atoms with van der Waals surface area (Å²) in [7, 11) is 1.52. The molecule has 0 bridgehead atoms. The molecule has 1 N–H and O–H groups in total. The minimum atomic E-state index is -0.575. The topological polar surface area (TPSA) is 99.4 Å². The number of benzene rings is 2. The Morgan fingerprint density at radius 2 is 1.85 bits per heavy atom. The van der Waals surface area contributed by atoms with Gasteiger partial charge in [-0.05, 0) is 49.2 Å². The van der Waals surface area contributed by atoms with Gasteiger partial charge in [0.1, 0.15) is 17.8 Å². The molecule has 0 radical (unpaired) electrons. The van der Waals surface area contributed by atoms with Crippen molar-refractivity contribution < 1.29 is 14.4 Å². The van der Waals surface area contributed by atoms with Crippen molar-refractivity contribution in [3.63, 3.8) is 0 Å². The Kier molecular flexibility index (Phi) is 5.16. The molecule has 0 amide bonds. The third-order valence-electron chi connectivity index (χ3n) is 4.02. The minimum Gasteiger partial charge on any atom is -0.495 e. The number of ether oxygens (including phenoxy) is 2. The maximum atomic E-state index is 11.7. The lowest BCUT2D eigenvalue weighted by Gasteiger charge is -2.12. The first-order chi connectivity index (χ1) is 13.0. The van der Waals surface area contributed by atoms with Crippen molar-refractivity contribution in [3.8, 4) is 17.4 Å². The molecule has 8 nitrogen and oxygen atoms in total. The first-order valence-electron chi connectivity index (χ1n) is 8.14. The number of rotatable bonds is 6. The molecular formula is C19H18N4O4. The van der Waals surface area contributed by atoms with Crippen LogP contribution in [0.5, 0.6) is 17.4 Å². The molecule has 0 aliphatic rings. The average Bonchev–Trinajstić information content (AvgIpc) is 2.65. The zero-order valence-electron chi connectivity index (χ0n) is 15.1. The molecule has 8 heteroatoms. The fourth-order valence-corrected chi connectivity index (χ4v) is 2.46. The van der Waals surface area contributed by atoms with E-state index in [9.17, 15) is 10.1 Å². The van der Waals surface area contributed by atoms with E-state index in [0.717, 1.165) is 11.1 Å². The Morgan fingerprint density at radius 1 is 1.07 bits per heavy atom. The monoisotopic (exact) mass is 366 g/mol. The molecule has 0 atom stereocenters. The molecule has 1 aromatic heterocycles. The van der Waals surface area contributed by atoms with Crippen molar-refractivity contribution in [2.45, 2.75) is 13.8 Å². The highest BCUT2D eigenvalue weighted by atomic mass is 16.6. The van der Waals surface area contributed by atoms with Crippen LogP contribution < -0.4 is 14.8 Å². The second-order valence-corrected chi connectivity index (χ2v) is 5.81. The Balaban J connectivity index is 1.99. The largest absolute Gasteiger partial charge is 0.495 e. The zero-order valence-corrected chi connectivity index (χ0v) is 15.1. The number of aryl methyl sites for hydroxylation is 2. The third kappa shape index (κ3) is 3.95. The van der Waals surface area contributed by atoms with E-state index in [-0.39, 0.29) is 17.4 Å². The highest BCUT2D eigenvalue weighted by Gasteiger charge is 2.26. The first kappa shape index (κ1) is 18.1. The number of hydrogen-bond acceptors (Lipinski definition) is 7. The molecule has 0 aliphatic heterocycles. The van der Waals surface area contributed by atoms with Gasteiger partial charge in [0, 0.05) is 0 Å². The van der Waals surface area contributed by atoms with Crippen LogP contribution in [-0.4, -0.2) is 22.0 Å². The Labute approximate surface area is 156 Å². The van der Waals surface area contributed by atoms with Crippen LogP contribution >= 0.6 is 0 Å². The molecule has 3 aromatic rings. The minimum absolute atomic E-state index is 0.0123. The van der Waals surface area contributed by atoms with E-state index >= 15 is 0 Å². The van der Waals surface area contributed by atoms with Gasteiger partial charge in [-0.15, -0.1) is 0 Å². The van der Waals surface area contributed by atoms with Crippen molar-refractivity contribution in [1.82, 2.24) is 9.97 Å². The highest BCUT2D eigenvalue weighted by molar-refractivity contribution is 5.72. The van der Waals surface area contributed by atoms with Crippen molar-refractivity contribution in [3.05, 3.63) is 70.0 Å². The summed E-state index contributed by atoms with van der Waals surface area (Å²) in [5.41, 5.74) is 2.29. The fraction of sp³-hybridized carbons (Fsp3) is 0.158. The number of aromatic nitrogens is 2. The van der Waals surface area contributed by atoms with Gasteiger partial charge >= 0.3 is 11.6 Å². The molecule has 0 aliphatic carbocycles. The summed E-state index contributed by atoms with van der Waals surface area (Å²) in [4.78, 5) is 19.0. The second kappa shape index (κ2) is 7.69. The molecule has 3 rings (SSSR count). The summed E-state index contributed by atoms with van der Waals surface area (Å²) in [6.45, 7) is 3.91. The van der Waals surface area contributed by atoms with E-state index in [1.807, 2.05) is 19.9 Å². The SMILES string of the molecule is COc1ccccc1Nc1ncnc(Oc2ccc(C)c(C)c2)c1[N+](=O)[O-]. The Hall–Kier alpha value is -3.68. The molecule has 0 saturated carbocycles. The molecule has 0 saturated heterocycles. The van der Waals surface area contributed by atoms with Crippen LogP contribution in [0.1, 0.15) is 11.1 Å². The van der Waals surface area contributed by atoms with Gasteiger partial charge in [0.2, 0.25) is 5.82 Å². The van der Waals surface area contributed by atoms with Gasteiger partial charge in [0.05, 0.1) is 17.7 Å². The maximum Gasteiger partial charge on any atom is 0.373 e. The lowest BCUT2D eigenvalue weighted by molar-refractivity contribution is -0.385. The van der Waals surface area contributed by atoms with Gasteiger partial charge < -0.3 is 14.8 Å². The highest BCUT2D eigenvalue weighted by Crippen LogP contribution is 2.37. The molecule has 0 fully saturated rings. The number of methoxy groups -OCH3 is 1. The number of nitrogens with one attached hydrogen (secondary N) is 1. The average molecular weight is 366 g/mol. The standard InChI is InChI=1S/C19H18N4O4/c1-12-8-9-14(10-13(12)2)27-19-17(23(24)25)18(20-11-21-19)22-15-6-4-5-7-16(15)26-3/h4-11H,1-3H3,(H,20,21,22). The van der Waals surface area contributed by atoms with Crippen LogP contribution in [-0.2, 0) is 0 Å². The summed E-state index contributed by atoms with van der Waals surface area (Å²) < 4.78 is 10.9. The molecule has 1 heterocycles. The van der Waals surface area contributed by atoms with Crippen molar-refractivity contribution in [2.24, 2.45) is 0 Å². The van der Waals surface area contributed by atoms with E-state index in [4.69, 9.17) is 9.47 Å².